The largest absolute Gasteiger partial charge is 0.476 e. The zero-order chi connectivity index (χ0) is 12.8. The molecule has 0 saturated carbocycles. The van der Waals surface area contributed by atoms with Crippen LogP contribution in [0.2, 0.25) is 0 Å². The van der Waals surface area contributed by atoms with Crippen molar-refractivity contribution in [3.63, 3.8) is 0 Å². The Kier molecular flexibility index (Phi) is 4.29. The molecule has 0 spiro atoms. The lowest BCUT2D eigenvalue weighted by atomic mass is 10.1. The molecule has 0 atom stereocenters. The summed E-state index contributed by atoms with van der Waals surface area (Å²) < 4.78 is 5.55. The van der Waals surface area contributed by atoms with Crippen molar-refractivity contribution in [2.45, 2.75) is 26.7 Å². The molecule has 0 unspecified atom stereocenters. The van der Waals surface area contributed by atoms with Crippen LogP contribution in [0.5, 0.6) is 5.88 Å². The molecule has 0 amide bonds. The molecule has 0 saturated heterocycles. The van der Waals surface area contributed by atoms with Crippen LogP contribution in [-0.4, -0.2) is 16.8 Å². The lowest BCUT2D eigenvalue weighted by Crippen LogP contribution is -2.03. The normalized spacial score (nSPS) is 10.3. The fourth-order valence-corrected chi connectivity index (χ4v) is 1.68. The zero-order valence-electron chi connectivity index (χ0n) is 10.9. The number of rotatable bonds is 5. The van der Waals surface area contributed by atoms with Gasteiger partial charge in [0, 0.05) is 12.5 Å². The first-order valence-electron chi connectivity index (χ1n) is 6.29. The van der Waals surface area contributed by atoms with E-state index in [1.807, 2.05) is 19.1 Å². The number of aryl methyl sites for hydroxylation is 2. The number of nitrogens with zero attached hydrogens (tertiary/aromatic N) is 2. The van der Waals surface area contributed by atoms with Gasteiger partial charge in [-0.05, 0) is 30.5 Å². The predicted molar refractivity (Wildman–Crippen MR) is 71.8 cm³/mol. The molecule has 94 valence electrons. The van der Waals surface area contributed by atoms with Crippen molar-refractivity contribution in [3.05, 3.63) is 53.2 Å². The summed E-state index contributed by atoms with van der Waals surface area (Å²) in [4.78, 5) is 0. The number of aromatic nitrogens is 2. The quantitative estimate of drug-likeness (QED) is 0.808. The summed E-state index contributed by atoms with van der Waals surface area (Å²) in [7, 11) is 0. The standard InChI is InChI=1S/C15H18N2O/c1-3-13-5-7-14(8-6-13)10-11-18-15-9-4-12(2)16-17-15/h4-9H,3,10-11H2,1-2H3. The monoisotopic (exact) mass is 242 g/mol. The van der Waals surface area contributed by atoms with Crippen LogP contribution in [0.1, 0.15) is 23.7 Å². The van der Waals surface area contributed by atoms with Crippen LogP contribution in [-0.2, 0) is 12.8 Å². The summed E-state index contributed by atoms with van der Waals surface area (Å²) in [5.41, 5.74) is 3.55. The van der Waals surface area contributed by atoms with Crippen molar-refractivity contribution in [2.75, 3.05) is 6.61 Å². The number of ether oxygens (including phenoxy) is 1. The Morgan fingerprint density at radius 2 is 1.67 bits per heavy atom. The van der Waals surface area contributed by atoms with Gasteiger partial charge in [-0.1, -0.05) is 31.2 Å². The molecular weight excluding hydrogens is 224 g/mol. The Bertz CT molecular complexity index is 477. The Morgan fingerprint density at radius 1 is 0.944 bits per heavy atom. The number of benzene rings is 1. The molecule has 0 radical (unpaired) electrons. The average Bonchev–Trinajstić information content (AvgIpc) is 2.42. The average molecular weight is 242 g/mol. The van der Waals surface area contributed by atoms with Gasteiger partial charge < -0.3 is 4.74 Å². The van der Waals surface area contributed by atoms with Gasteiger partial charge in [0.2, 0.25) is 5.88 Å². The van der Waals surface area contributed by atoms with Gasteiger partial charge in [-0.25, -0.2) is 0 Å². The molecule has 0 aliphatic heterocycles. The molecule has 0 bridgehead atoms. The highest BCUT2D eigenvalue weighted by Crippen LogP contribution is 2.08. The molecule has 0 fully saturated rings. The summed E-state index contributed by atoms with van der Waals surface area (Å²) in [6.45, 7) is 4.70. The molecule has 2 aromatic rings. The summed E-state index contributed by atoms with van der Waals surface area (Å²) >= 11 is 0. The van der Waals surface area contributed by atoms with E-state index >= 15 is 0 Å². The van der Waals surface area contributed by atoms with Crippen molar-refractivity contribution < 1.29 is 4.74 Å². The third kappa shape index (κ3) is 3.55. The van der Waals surface area contributed by atoms with E-state index < -0.39 is 0 Å². The van der Waals surface area contributed by atoms with E-state index in [1.165, 1.54) is 11.1 Å². The maximum absolute atomic E-state index is 5.55. The summed E-state index contributed by atoms with van der Waals surface area (Å²) in [6, 6.07) is 12.4. The lowest BCUT2D eigenvalue weighted by Gasteiger charge is -2.05. The van der Waals surface area contributed by atoms with E-state index in [0.29, 0.717) is 12.5 Å². The maximum Gasteiger partial charge on any atom is 0.233 e. The first kappa shape index (κ1) is 12.6. The maximum atomic E-state index is 5.55. The van der Waals surface area contributed by atoms with E-state index in [1.54, 1.807) is 0 Å². The van der Waals surface area contributed by atoms with Crippen LogP contribution in [0, 0.1) is 6.92 Å². The zero-order valence-corrected chi connectivity index (χ0v) is 10.9. The minimum Gasteiger partial charge on any atom is -0.476 e. The third-order valence-corrected chi connectivity index (χ3v) is 2.85. The highest BCUT2D eigenvalue weighted by atomic mass is 16.5. The van der Waals surface area contributed by atoms with Gasteiger partial charge in [-0.2, -0.15) is 5.10 Å². The van der Waals surface area contributed by atoms with Crippen LogP contribution in [0.4, 0.5) is 0 Å². The third-order valence-electron chi connectivity index (χ3n) is 2.85. The summed E-state index contributed by atoms with van der Waals surface area (Å²) in [5, 5.41) is 7.92. The SMILES string of the molecule is CCc1ccc(CCOc2ccc(C)nn2)cc1. The molecule has 1 aromatic carbocycles. The molecule has 3 nitrogen and oxygen atoms in total. The molecule has 1 aromatic heterocycles. The lowest BCUT2D eigenvalue weighted by molar-refractivity contribution is 0.305. The first-order chi connectivity index (χ1) is 8.78. The molecule has 0 aliphatic rings. The van der Waals surface area contributed by atoms with Crippen molar-refractivity contribution in [1.29, 1.82) is 0 Å². The second-order valence-corrected chi connectivity index (χ2v) is 4.28. The smallest absolute Gasteiger partial charge is 0.233 e. The van der Waals surface area contributed by atoms with Crippen LogP contribution < -0.4 is 4.74 Å². The van der Waals surface area contributed by atoms with Gasteiger partial charge in [-0.3, -0.25) is 0 Å². The Hall–Kier alpha value is -1.90. The van der Waals surface area contributed by atoms with E-state index in [9.17, 15) is 0 Å². The van der Waals surface area contributed by atoms with Crippen LogP contribution in [0.25, 0.3) is 0 Å². The van der Waals surface area contributed by atoms with E-state index in [2.05, 4.69) is 41.4 Å². The van der Waals surface area contributed by atoms with Gasteiger partial charge in [0.05, 0.1) is 12.3 Å². The highest BCUT2D eigenvalue weighted by molar-refractivity contribution is 5.22. The van der Waals surface area contributed by atoms with Crippen molar-refractivity contribution >= 4 is 0 Å². The van der Waals surface area contributed by atoms with E-state index in [-0.39, 0.29) is 0 Å². The fourth-order valence-electron chi connectivity index (χ4n) is 1.68. The molecule has 2 rings (SSSR count). The number of hydrogen-bond acceptors (Lipinski definition) is 3. The van der Waals surface area contributed by atoms with Crippen molar-refractivity contribution in [3.8, 4) is 5.88 Å². The van der Waals surface area contributed by atoms with Gasteiger partial charge in [0.15, 0.2) is 0 Å². The molecule has 18 heavy (non-hydrogen) atoms. The Balaban J connectivity index is 1.82. The van der Waals surface area contributed by atoms with Crippen LogP contribution in [0.3, 0.4) is 0 Å². The summed E-state index contributed by atoms with van der Waals surface area (Å²) in [5.74, 6) is 0.589. The number of hydrogen-bond donors (Lipinski definition) is 0. The first-order valence-corrected chi connectivity index (χ1v) is 6.29. The van der Waals surface area contributed by atoms with Gasteiger partial charge in [0.1, 0.15) is 0 Å². The van der Waals surface area contributed by atoms with Crippen molar-refractivity contribution in [2.24, 2.45) is 0 Å². The molecule has 3 heteroatoms. The van der Waals surface area contributed by atoms with Gasteiger partial charge >= 0.3 is 0 Å². The van der Waals surface area contributed by atoms with Crippen LogP contribution >= 0.6 is 0 Å². The second-order valence-electron chi connectivity index (χ2n) is 4.28. The van der Waals surface area contributed by atoms with E-state index in [4.69, 9.17) is 4.74 Å². The Labute approximate surface area is 108 Å². The van der Waals surface area contributed by atoms with Crippen LogP contribution in [0.15, 0.2) is 36.4 Å². The molecule has 0 aliphatic carbocycles. The second kappa shape index (κ2) is 6.15. The van der Waals surface area contributed by atoms with Crippen molar-refractivity contribution in [1.82, 2.24) is 10.2 Å². The molecule has 0 N–H and O–H groups in total. The topological polar surface area (TPSA) is 35.0 Å². The summed E-state index contributed by atoms with van der Waals surface area (Å²) in [6.07, 6.45) is 1.97. The molecule has 1 heterocycles. The van der Waals surface area contributed by atoms with Gasteiger partial charge in [0.25, 0.3) is 0 Å². The fraction of sp³-hybridized carbons (Fsp3) is 0.333. The highest BCUT2D eigenvalue weighted by Gasteiger charge is 1.98. The minimum atomic E-state index is 0.589. The van der Waals surface area contributed by atoms with Gasteiger partial charge in [-0.15, -0.1) is 5.10 Å². The minimum absolute atomic E-state index is 0.589. The Morgan fingerprint density at radius 3 is 2.28 bits per heavy atom. The predicted octanol–water partition coefficient (Wildman–Crippen LogP) is 2.97. The van der Waals surface area contributed by atoms with E-state index in [0.717, 1.165) is 18.5 Å². The molecular formula is C15H18N2O.